The molecule has 0 fully saturated rings. The zero-order chi connectivity index (χ0) is 17.1. The zero-order valence-electron chi connectivity index (χ0n) is 13.4. The number of benzene rings is 2. The van der Waals surface area contributed by atoms with Gasteiger partial charge in [-0.25, -0.2) is 4.98 Å². The molecule has 0 bridgehead atoms. The van der Waals surface area contributed by atoms with Crippen molar-refractivity contribution in [2.24, 2.45) is 0 Å². The molecule has 0 atom stereocenters. The van der Waals surface area contributed by atoms with E-state index in [9.17, 15) is 4.79 Å². The third-order valence-corrected chi connectivity index (χ3v) is 3.97. The summed E-state index contributed by atoms with van der Waals surface area (Å²) in [6, 6.07) is 13.6. The van der Waals surface area contributed by atoms with Crippen LogP contribution in [0.5, 0.6) is 5.75 Å². The minimum atomic E-state index is -0.806. The molecule has 3 N–H and O–H groups in total. The molecule has 0 radical (unpaired) electrons. The Bertz CT molecular complexity index is 869. The lowest BCUT2D eigenvalue weighted by atomic mass is 10.1. The summed E-state index contributed by atoms with van der Waals surface area (Å²) in [4.78, 5) is 15.1. The van der Waals surface area contributed by atoms with Crippen LogP contribution in [0.1, 0.15) is 17.5 Å². The maximum Gasteiger partial charge on any atom is 0.303 e. The van der Waals surface area contributed by atoms with Crippen LogP contribution in [0, 0.1) is 0 Å². The number of imidazole rings is 1. The van der Waals surface area contributed by atoms with Crippen LogP contribution < -0.4 is 10.5 Å². The molecule has 0 aliphatic rings. The number of nitrogens with two attached hydrogens (primary N) is 1. The molecule has 0 unspecified atom stereocenters. The maximum absolute atomic E-state index is 10.7. The molecular formula is C18H19N3O3. The second-order valence-electron chi connectivity index (χ2n) is 5.62. The quantitative estimate of drug-likeness (QED) is 0.727. The fourth-order valence-electron chi connectivity index (χ4n) is 2.68. The molecule has 0 amide bonds. The summed E-state index contributed by atoms with van der Waals surface area (Å²) in [6.07, 6.45) is 0.587. The van der Waals surface area contributed by atoms with Gasteiger partial charge in [0.05, 0.1) is 24.7 Å². The van der Waals surface area contributed by atoms with Gasteiger partial charge in [-0.3, -0.25) is 4.79 Å². The van der Waals surface area contributed by atoms with E-state index in [1.54, 1.807) is 7.11 Å². The van der Waals surface area contributed by atoms with Gasteiger partial charge < -0.3 is 20.1 Å². The van der Waals surface area contributed by atoms with Gasteiger partial charge in [0.25, 0.3) is 0 Å². The number of aliphatic carboxylic acids is 1. The summed E-state index contributed by atoms with van der Waals surface area (Å²) in [6.45, 7) is 0.612. The summed E-state index contributed by atoms with van der Waals surface area (Å²) in [5.41, 5.74) is 9.81. The summed E-state index contributed by atoms with van der Waals surface area (Å²) >= 11 is 0. The van der Waals surface area contributed by atoms with E-state index >= 15 is 0 Å². The smallest absolute Gasteiger partial charge is 0.303 e. The van der Waals surface area contributed by atoms with Crippen LogP contribution in [0.2, 0.25) is 0 Å². The van der Waals surface area contributed by atoms with E-state index in [1.165, 1.54) is 0 Å². The van der Waals surface area contributed by atoms with E-state index in [0.29, 0.717) is 18.9 Å². The molecule has 3 aromatic rings. The standard InChI is InChI=1S/C18H19N3O3/c1-24-14-6-2-13(3-7-14)11-21-16-8-4-12(5-9-17(22)23)10-15(16)20-18(21)19/h2-4,6-8,10H,5,9,11H2,1H3,(H2,19,20)(H,22,23). The average molecular weight is 325 g/mol. The van der Waals surface area contributed by atoms with Crippen molar-refractivity contribution in [3.63, 3.8) is 0 Å². The Kier molecular flexibility index (Phi) is 4.37. The van der Waals surface area contributed by atoms with Gasteiger partial charge in [0, 0.05) is 6.42 Å². The Hall–Kier alpha value is -3.02. The number of carboxylic acids is 1. The summed E-state index contributed by atoms with van der Waals surface area (Å²) in [5.74, 6) is 0.445. The average Bonchev–Trinajstić information content (AvgIpc) is 2.88. The van der Waals surface area contributed by atoms with Crippen molar-refractivity contribution in [1.82, 2.24) is 9.55 Å². The van der Waals surface area contributed by atoms with Crippen LogP contribution in [-0.4, -0.2) is 27.7 Å². The van der Waals surface area contributed by atoms with E-state index in [-0.39, 0.29) is 6.42 Å². The van der Waals surface area contributed by atoms with Crippen LogP contribution in [0.25, 0.3) is 11.0 Å². The minimum Gasteiger partial charge on any atom is -0.497 e. The van der Waals surface area contributed by atoms with E-state index in [1.807, 2.05) is 47.0 Å². The van der Waals surface area contributed by atoms with Crippen LogP contribution in [0.3, 0.4) is 0 Å². The van der Waals surface area contributed by atoms with Crippen molar-refractivity contribution in [3.8, 4) is 5.75 Å². The van der Waals surface area contributed by atoms with Crippen LogP contribution in [-0.2, 0) is 17.8 Å². The lowest BCUT2D eigenvalue weighted by Gasteiger charge is -2.08. The molecule has 0 spiro atoms. The predicted molar refractivity (Wildman–Crippen MR) is 92.2 cm³/mol. The second kappa shape index (κ2) is 6.62. The Balaban J connectivity index is 1.87. The Labute approximate surface area is 139 Å². The number of aromatic nitrogens is 2. The highest BCUT2D eigenvalue weighted by molar-refractivity contribution is 5.79. The predicted octanol–water partition coefficient (Wildman–Crippen LogP) is 2.69. The number of carbonyl (C=O) groups is 1. The number of aryl methyl sites for hydroxylation is 1. The molecule has 0 saturated heterocycles. The number of nitrogens with zero attached hydrogens (tertiary/aromatic N) is 2. The van der Waals surface area contributed by atoms with E-state index in [4.69, 9.17) is 15.6 Å². The highest BCUT2D eigenvalue weighted by Crippen LogP contribution is 2.22. The Morgan fingerprint density at radius 2 is 1.92 bits per heavy atom. The van der Waals surface area contributed by atoms with Crippen molar-refractivity contribution in [2.45, 2.75) is 19.4 Å². The van der Waals surface area contributed by atoms with Gasteiger partial charge in [-0.05, 0) is 41.8 Å². The topological polar surface area (TPSA) is 90.4 Å². The molecule has 1 aromatic heterocycles. The second-order valence-corrected chi connectivity index (χ2v) is 5.62. The number of hydrogen-bond donors (Lipinski definition) is 2. The SMILES string of the molecule is COc1ccc(Cn2c(N)nc3cc(CCC(=O)O)ccc32)cc1. The van der Waals surface area contributed by atoms with Crippen molar-refractivity contribution in [3.05, 3.63) is 53.6 Å². The first-order valence-corrected chi connectivity index (χ1v) is 7.66. The first kappa shape index (κ1) is 15.9. The number of rotatable bonds is 6. The summed E-state index contributed by atoms with van der Waals surface area (Å²) in [5, 5.41) is 8.79. The summed E-state index contributed by atoms with van der Waals surface area (Å²) < 4.78 is 7.11. The first-order chi connectivity index (χ1) is 11.6. The van der Waals surface area contributed by atoms with Crippen molar-refractivity contribution < 1.29 is 14.6 Å². The number of anilines is 1. The molecule has 2 aromatic carbocycles. The van der Waals surface area contributed by atoms with E-state index in [0.717, 1.165) is 27.9 Å². The molecule has 124 valence electrons. The van der Waals surface area contributed by atoms with E-state index in [2.05, 4.69) is 4.98 Å². The largest absolute Gasteiger partial charge is 0.497 e. The number of methoxy groups -OCH3 is 1. The normalized spacial score (nSPS) is 10.9. The fourth-order valence-corrected chi connectivity index (χ4v) is 2.68. The van der Waals surface area contributed by atoms with Gasteiger partial charge in [0.1, 0.15) is 5.75 Å². The molecule has 6 nitrogen and oxygen atoms in total. The van der Waals surface area contributed by atoms with E-state index < -0.39 is 5.97 Å². The molecule has 0 aliphatic carbocycles. The summed E-state index contributed by atoms with van der Waals surface area (Å²) in [7, 11) is 1.64. The van der Waals surface area contributed by atoms with Gasteiger partial charge in [0.15, 0.2) is 0 Å². The third-order valence-electron chi connectivity index (χ3n) is 3.97. The van der Waals surface area contributed by atoms with Gasteiger partial charge >= 0.3 is 5.97 Å². The Morgan fingerprint density at radius 1 is 1.21 bits per heavy atom. The molecule has 24 heavy (non-hydrogen) atoms. The number of hydrogen-bond acceptors (Lipinski definition) is 4. The first-order valence-electron chi connectivity index (χ1n) is 7.66. The van der Waals surface area contributed by atoms with Crippen molar-refractivity contribution >= 4 is 23.0 Å². The monoisotopic (exact) mass is 325 g/mol. The van der Waals surface area contributed by atoms with Crippen molar-refractivity contribution in [2.75, 3.05) is 12.8 Å². The molecular weight excluding hydrogens is 306 g/mol. The van der Waals surface area contributed by atoms with Gasteiger partial charge in [-0.1, -0.05) is 18.2 Å². The molecule has 3 rings (SSSR count). The highest BCUT2D eigenvalue weighted by atomic mass is 16.5. The van der Waals surface area contributed by atoms with Gasteiger partial charge in [-0.15, -0.1) is 0 Å². The molecule has 0 aliphatic heterocycles. The molecule has 6 heteroatoms. The fraction of sp³-hybridized carbons (Fsp3) is 0.222. The van der Waals surface area contributed by atoms with Gasteiger partial charge in [0.2, 0.25) is 5.95 Å². The number of fused-ring (bicyclic) bond motifs is 1. The third kappa shape index (κ3) is 3.32. The lowest BCUT2D eigenvalue weighted by Crippen LogP contribution is -2.04. The zero-order valence-corrected chi connectivity index (χ0v) is 13.4. The van der Waals surface area contributed by atoms with Crippen LogP contribution >= 0.6 is 0 Å². The molecule has 0 saturated carbocycles. The van der Waals surface area contributed by atoms with Crippen molar-refractivity contribution in [1.29, 1.82) is 0 Å². The molecule has 1 heterocycles. The lowest BCUT2D eigenvalue weighted by molar-refractivity contribution is -0.136. The minimum absolute atomic E-state index is 0.105. The Morgan fingerprint density at radius 3 is 2.58 bits per heavy atom. The van der Waals surface area contributed by atoms with Crippen LogP contribution in [0.4, 0.5) is 5.95 Å². The van der Waals surface area contributed by atoms with Crippen LogP contribution in [0.15, 0.2) is 42.5 Å². The maximum atomic E-state index is 10.7. The highest BCUT2D eigenvalue weighted by Gasteiger charge is 2.10. The number of carboxylic acid groups (broad SMARTS) is 1. The number of ether oxygens (including phenoxy) is 1. The van der Waals surface area contributed by atoms with Gasteiger partial charge in [-0.2, -0.15) is 0 Å². The number of nitrogen functional groups attached to an aromatic ring is 1.